The van der Waals surface area contributed by atoms with Crippen molar-refractivity contribution in [1.29, 1.82) is 0 Å². The maximum Gasteiger partial charge on any atom is 0.278 e. The van der Waals surface area contributed by atoms with Crippen molar-refractivity contribution in [2.45, 2.75) is 32.5 Å². The molecule has 0 fully saturated rings. The summed E-state index contributed by atoms with van der Waals surface area (Å²) in [5.74, 6) is 0.940. The molecule has 0 saturated heterocycles. The predicted octanol–water partition coefficient (Wildman–Crippen LogP) is 1.34. The molecule has 0 aromatic heterocycles. The number of carbonyl (C=O) groups is 1. The fourth-order valence-corrected chi connectivity index (χ4v) is 3.24. The van der Waals surface area contributed by atoms with Crippen molar-refractivity contribution < 1.29 is 14.4 Å². The molecule has 2 N–H and O–H groups in total. The molecule has 4 nitrogen and oxygen atoms in total. The summed E-state index contributed by atoms with van der Waals surface area (Å²) in [6, 6.07) is 16.3. The van der Waals surface area contributed by atoms with Crippen LogP contribution in [0.2, 0.25) is 0 Å². The van der Waals surface area contributed by atoms with Crippen LogP contribution in [-0.2, 0) is 24.3 Å². The molecule has 1 aliphatic heterocycles. The molecule has 1 aliphatic rings. The smallest absolute Gasteiger partial charge is 0.278 e. The molecular formula is C20H25N2O2+. The topological polar surface area (TPSA) is 42.8 Å². The van der Waals surface area contributed by atoms with Gasteiger partial charge in [0.25, 0.3) is 5.91 Å². The van der Waals surface area contributed by atoms with Gasteiger partial charge in [0.1, 0.15) is 12.3 Å². The number of fused-ring (bicyclic) bond motifs is 1. The van der Waals surface area contributed by atoms with E-state index in [1.54, 1.807) is 7.11 Å². The highest BCUT2D eigenvalue weighted by Crippen LogP contribution is 2.12. The van der Waals surface area contributed by atoms with Gasteiger partial charge in [0, 0.05) is 18.5 Å². The molecule has 4 heteroatoms. The summed E-state index contributed by atoms with van der Waals surface area (Å²) in [4.78, 5) is 13.8. The fourth-order valence-electron chi connectivity index (χ4n) is 3.24. The van der Waals surface area contributed by atoms with Crippen molar-refractivity contribution in [1.82, 2.24) is 5.32 Å². The molecule has 2 aromatic rings. The number of nitrogens with one attached hydrogen (secondary N) is 2. The highest BCUT2D eigenvalue weighted by Gasteiger charge is 2.28. The van der Waals surface area contributed by atoms with Crippen LogP contribution in [0.4, 0.5) is 0 Å². The van der Waals surface area contributed by atoms with E-state index in [0.29, 0.717) is 6.54 Å². The van der Waals surface area contributed by atoms with Crippen LogP contribution in [0.1, 0.15) is 23.6 Å². The molecule has 0 bridgehead atoms. The quantitative estimate of drug-likeness (QED) is 0.871. The molecule has 0 radical (unpaired) electrons. The lowest BCUT2D eigenvalue weighted by molar-refractivity contribution is -0.929. The van der Waals surface area contributed by atoms with Gasteiger partial charge in [0.05, 0.1) is 13.7 Å². The Morgan fingerprint density at radius 2 is 1.88 bits per heavy atom. The number of carbonyl (C=O) groups excluding carboxylic acids is 1. The van der Waals surface area contributed by atoms with Gasteiger partial charge >= 0.3 is 0 Å². The van der Waals surface area contributed by atoms with Crippen LogP contribution >= 0.6 is 0 Å². The van der Waals surface area contributed by atoms with Crippen LogP contribution in [0.25, 0.3) is 0 Å². The van der Waals surface area contributed by atoms with Crippen molar-refractivity contribution in [2.24, 2.45) is 0 Å². The molecule has 0 spiro atoms. The van der Waals surface area contributed by atoms with Crippen LogP contribution < -0.4 is 15.0 Å². The maximum atomic E-state index is 12.5. The third-order valence-electron chi connectivity index (χ3n) is 4.88. The lowest BCUT2D eigenvalue weighted by Crippen LogP contribution is -3.16. The van der Waals surface area contributed by atoms with Crippen molar-refractivity contribution in [2.75, 3.05) is 13.7 Å². The average molecular weight is 325 g/mol. The second kappa shape index (κ2) is 7.49. The molecule has 3 rings (SSSR count). The molecule has 2 aromatic carbocycles. The summed E-state index contributed by atoms with van der Waals surface area (Å²) < 4.78 is 5.15. The molecule has 24 heavy (non-hydrogen) atoms. The standard InChI is InChI=1S/C20H24N2O2/c1-15(22-12-11-17-5-3-4-6-18(17)14-22)20(23)21-13-16-7-9-19(24-2)10-8-16/h3-10,15H,11-14H2,1-2H3,(H,21,23)/p+1/t15-/m0/s1. The van der Waals surface area contributed by atoms with E-state index in [0.717, 1.165) is 30.8 Å². The number of hydrogen-bond acceptors (Lipinski definition) is 2. The minimum absolute atomic E-state index is 0.0448. The first-order valence-electron chi connectivity index (χ1n) is 8.49. The van der Waals surface area contributed by atoms with E-state index in [4.69, 9.17) is 4.74 Å². The molecular weight excluding hydrogens is 300 g/mol. The number of hydrogen-bond donors (Lipinski definition) is 2. The Kier molecular flexibility index (Phi) is 5.16. The second-order valence-electron chi connectivity index (χ2n) is 6.39. The van der Waals surface area contributed by atoms with Gasteiger partial charge in [-0.15, -0.1) is 0 Å². The van der Waals surface area contributed by atoms with Gasteiger partial charge < -0.3 is 15.0 Å². The molecule has 2 atom stereocenters. The number of quaternary nitrogens is 1. The summed E-state index contributed by atoms with van der Waals surface area (Å²) in [5.41, 5.74) is 3.87. The van der Waals surface area contributed by atoms with Crippen molar-refractivity contribution >= 4 is 5.91 Å². The second-order valence-corrected chi connectivity index (χ2v) is 6.39. The van der Waals surface area contributed by atoms with Crippen LogP contribution in [0.3, 0.4) is 0 Å². The highest BCUT2D eigenvalue weighted by atomic mass is 16.5. The Hall–Kier alpha value is -2.33. The Morgan fingerprint density at radius 3 is 2.58 bits per heavy atom. The minimum atomic E-state index is -0.0448. The molecule has 1 heterocycles. The third kappa shape index (κ3) is 3.77. The van der Waals surface area contributed by atoms with Crippen LogP contribution in [0, 0.1) is 0 Å². The van der Waals surface area contributed by atoms with Crippen molar-refractivity contribution in [3.63, 3.8) is 0 Å². The SMILES string of the molecule is COc1ccc(CNC(=O)[C@H](C)[NH+]2CCc3ccccc3C2)cc1. The summed E-state index contributed by atoms with van der Waals surface area (Å²) in [6.45, 7) is 4.51. The molecule has 0 saturated carbocycles. The van der Waals surface area contributed by atoms with Crippen LogP contribution in [0.15, 0.2) is 48.5 Å². The summed E-state index contributed by atoms with van der Waals surface area (Å²) in [6.07, 6.45) is 1.04. The van der Waals surface area contributed by atoms with Gasteiger partial charge in [-0.1, -0.05) is 36.4 Å². The fraction of sp³-hybridized carbons (Fsp3) is 0.350. The van der Waals surface area contributed by atoms with E-state index >= 15 is 0 Å². The largest absolute Gasteiger partial charge is 0.497 e. The summed E-state index contributed by atoms with van der Waals surface area (Å²) in [7, 11) is 1.65. The summed E-state index contributed by atoms with van der Waals surface area (Å²) >= 11 is 0. The molecule has 0 aliphatic carbocycles. The number of benzene rings is 2. The van der Waals surface area contributed by atoms with E-state index in [2.05, 4.69) is 29.6 Å². The maximum absolute atomic E-state index is 12.5. The van der Waals surface area contributed by atoms with Gasteiger partial charge in [-0.3, -0.25) is 4.79 Å². The number of rotatable bonds is 5. The Bertz CT molecular complexity index is 697. The van der Waals surface area contributed by atoms with Gasteiger partial charge in [-0.05, 0) is 30.2 Å². The van der Waals surface area contributed by atoms with E-state index < -0.39 is 0 Å². The number of methoxy groups -OCH3 is 1. The van der Waals surface area contributed by atoms with E-state index in [1.807, 2.05) is 31.2 Å². The van der Waals surface area contributed by atoms with Crippen LogP contribution in [-0.4, -0.2) is 25.6 Å². The highest BCUT2D eigenvalue weighted by molar-refractivity contribution is 5.79. The van der Waals surface area contributed by atoms with Gasteiger partial charge in [0.2, 0.25) is 0 Å². The van der Waals surface area contributed by atoms with Crippen molar-refractivity contribution in [3.8, 4) is 5.75 Å². The first-order chi connectivity index (χ1) is 11.7. The zero-order valence-electron chi connectivity index (χ0n) is 14.3. The Morgan fingerprint density at radius 1 is 1.17 bits per heavy atom. The summed E-state index contributed by atoms with van der Waals surface area (Å²) in [5, 5.41) is 3.06. The first-order valence-corrected chi connectivity index (χ1v) is 8.49. The first kappa shape index (κ1) is 16.5. The average Bonchev–Trinajstić information content (AvgIpc) is 2.65. The molecule has 126 valence electrons. The van der Waals surface area contributed by atoms with Crippen LogP contribution in [0.5, 0.6) is 5.75 Å². The molecule has 1 unspecified atom stereocenters. The normalized spacial score (nSPS) is 17.7. The predicted molar refractivity (Wildman–Crippen MR) is 94.0 cm³/mol. The Balaban J connectivity index is 1.55. The van der Waals surface area contributed by atoms with E-state index in [1.165, 1.54) is 16.0 Å². The van der Waals surface area contributed by atoms with Gasteiger partial charge in [-0.25, -0.2) is 0 Å². The van der Waals surface area contributed by atoms with Gasteiger partial charge in [0.15, 0.2) is 6.04 Å². The van der Waals surface area contributed by atoms with Crippen molar-refractivity contribution in [3.05, 3.63) is 65.2 Å². The van der Waals surface area contributed by atoms with E-state index in [9.17, 15) is 4.79 Å². The number of amides is 1. The molecule has 1 amide bonds. The monoisotopic (exact) mass is 325 g/mol. The lowest BCUT2D eigenvalue weighted by atomic mass is 9.99. The Labute approximate surface area is 143 Å². The van der Waals surface area contributed by atoms with Gasteiger partial charge in [-0.2, -0.15) is 0 Å². The van der Waals surface area contributed by atoms with E-state index in [-0.39, 0.29) is 11.9 Å². The zero-order chi connectivity index (χ0) is 16.9. The zero-order valence-corrected chi connectivity index (χ0v) is 14.3. The third-order valence-corrected chi connectivity index (χ3v) is 4.88. The minimum Gasteiger partial charge on any atom is -0.497 e. The lowest BCUT2D eigenvalue weighted by Gasteiger charge is -2.30. The number of ether oxygens (including phenoxy) is 1.